The average Bonchev–Trinajstić information content (AvgIpc) is 2.20. The second-order valence-corrected chi connectivity index (χ2v) is 3.20. The summed E-state index contributed by atoms with van der Waals surface area (Å²) in [6, 6.07) is 0. The summed E-state index contributed by atoms with van der Waals surface area (Å²) in [6.45, 7) is 6.00. The van der Waals surface area contributed by atoms with Gasteiger partial charge in [0.1, 0.15) is 0 Å². The van der Waals surface area contributed by atoms with E-state index in [4.69, 9.17) is 4.74 Å². The highest BCUT2D eigenvalue weighted by atomic mass is 16.5. The van der Waals surface area contributed by atoms with Crippen molar-refractivity contribution in [2.24, 2.45) is 0 Å². The first-order valence-corrected chi connectivity index (χ1v) is 4.68. The lowest BCUT2D eigenvalue weighted by Crippen LogP contribution is -1.86. The van der Waals surface area contributed by atoms with Crippen molar-refractivity contribution in [1.82, 2.24) is 0 Å². The smallest absolute Gasteiger partial charge is 0.0993 e. The van der Waals surface area contributed by atoms with E-state index in [9.17, 15) is 0 Å². The van der Waals surface area contributed by atoms with Crippen molar-refractivity contribution in [1.29, 1.82) is 0 Å². The summed E-state index contributed by atoms with van der Waals surface area (Å²) in [5, 5.41) is 0. The van der Waals surface area contributed by atoms with Crippen molar-refractivity contribution in [2.75, 3.05) is 7.11 Å². The highest BCUT2D eigenvalue weighted by molar-refractivity contribution is 5.39. The Kier molecular flexibility index (Phi) is 3.99. The number of allylic oxidation sites excluding steroid dienone is 8. The third-order valence-corrected chi connectivity index (χ3v) is 2.15. The van der Waals surface area contributed by atoms with E-state index in [1.165, 1.54) is 0 Å². The summed E-state index contributed by atoms with van der Waals surface area (Å²) < 4.78 is 5.22. The van der Waals surface area contributed by atoms with Crippen LogP contribution in [0, 0.1) is 0 Å². The standard InChI is InChI=1S/C13H16O/c1-11-7-5-4-6-8-13(14-3)10-9-12(11)2/h4-7,9-10H,1,8H2,2-3H3/b6-4-,7-5-,12-9?,13-10+. The SMILES string of the molecule is C=C1/C=C\C=C/C/C(OC)=C\C=C1C. The molecule has 0 heterocycles. The van der Waals surface area contributed by atoms with Gasteiger partial charge >= 0.3 is 0 Å². The fourth-order valence-corrected chi connectivity index (χ4v) is 1.11. The van der Waals surface area contributed by atoms with Crippen LogP contribution in [-0.2, 0) is 4.74 Å². The van der Waals surface area contributed by atoms with Crippen molar-refractivity contribution in [3.63, 3.8) is 0 Å². The van der Waals surface area contributed by atoms with Gasteiger partial charge in [-0.05, 0) is 24.1 Å². The first-order valence-electron chi connectivity index (χ1n) is 4.68. The van der Waals surface area contributed by atoms with E-state index in [1.54, 1.807) is 7.11 Å². The lowest BCUT2D eigenvalue weighted by atomic mass is 10.1. The normalized spacial score (nSPS) is 25.7. The van der Waals surface area contributed by atoms with E-state index in [1.807, 2.05) is 37.3 Å². The van der Waals surface area contributed by atoms with E-state index < -0.39 is 0 Å². The van der Waals surface area contributed by atoms with Crippen molar-refractivity contribution in [3.05, 3.63) is 59.9 Å². The Hall–Kier alpha value is -1.50. The Bertz CT molecular complexity index is 327. The Labute approximate surface area is 85.8 Å². The molecular weight excluding hydrogens is 172 g/mol. The molecule has 0 fully saturated rings. The first-order chi connectivity index (χ1) is 6.74. The van der Waals surface area contributed by atoms with Crippen molar-refractivity contribution in [3.8, 4) is 0 Å². The zero-order valence-electron chi connectivity index (χ0n) is 8.79. The minimum absolute atomic E-state index is 0.830. The Morgan fingerprint density at radius 3 is 2.79 bits per heavy atom. The fourth-order valence-electron chi connectivity index (χ4n) is 1.11. The van der Waals surface area contributed by atoms with Crippen molar-refractivity contribution < 1.29 is 4.74 Å². The molecule has 0 amide bonds. The molecule has 74 valence electrons. The highest BCUT2D eigenvalue weighted by Crippen LogP contribution is 2.12. The molecule has 0 unspecified atom stereocenters. The quantitative estimate of drug-likeness (QED) is 0.611. The molecule has 1 aliphatic rings. The number of hydrogen-bond acceptors (Lipinski definition) is 1. The molecule has 0 aromatic rings. The van der Waals surface area contributed by atoms with Crippen molar-refractivity contribution >= 4 is 0 Å². The van der Waals surface area contributed by atoms with Gasteiger partial charge in [0.15, 0.2) is 0 Å². The van der Waals surface area contributed by atoms with Gasteiger partial charge in [-0.1, -0.05) is 37.0 Å². The van der Waals surface area contributed by atoms with Gasteiger partial charge < -0.3 is 4.74 Å². The van der Waals surface area contributed by atoms with Crippen LogP contribution >= 0.6 is 0 Å². The molecule has 14 heavy (non-hydrogen) atoms. The van der Waals surface area contributed by atoms with Gasteiger partial charge in [-0.2, -0.15) is 0 Å². The summed E-state index contributed by atoms with van der Waals surface area (Å²) >= 11 is 0. The fraction of sp³-hybridized carbons (Fsp3) is 0.231. The van der Waals surface area contributed by atoms with Crippen LogP contribution in [0.1, 0.15) is 13.3 Å². The minimum atomic E-state index is 0.830. The van der Waals surface area contributed by atoms with Crippen LogP contribution in [0.25, 0.3) is 0 Å². The summed E-state index contributed by atoms with van der Waals surface area (Å²) in [5.41, 5.74) is 2.19. The largest absolute Gasteiger partial charge is 0.501 e. The summed E-state index contributed by atoms with van der Waals surface area (Å²) in [6.07, 6.45) is 12.9. The highest BCUT2D eigenvalue weighted by Gasteiger charge is 1.94. The molecule has 0 saturated carbocycles. The molecule has 0 spiro atoms. The zero-order valence-corrected chi connectivity index (χ0v) is 8.79. The van der Waals surface area contributed by atoms with Gasteiger partial charge in [0.05, 0.1) is 12.9 Å². The van der Waals surface area contributed by atoms with Crippen LogP contribution in [-0.4, -0.2) is 7.11 Å². The Morgan fingerprint density at radius 1 is 1.29 bits per heavy atom. The molecule has 1 heteroatoms. The molecule has 0 bridgehead atoms. The average molecular weight is 188 g/mol. The molecule has 0 atom stereocenters. The second kappa shape index (κ2) is 5.28. The number of hydrogen-bond donors (Lipinski definition) is 0. The maximum absolute atomic E-state index is 5.22. The lowest BCUT2D eigenvalue weighted by Gasteiger charge is -2.03. The first kappa shape index (κ1) is 10.6. The third kappa shape index (κ3) is 3.09. The Morgan fingerprint density at radius 2 is 2.07 bits per heavy atom. The van der Waals surface area contributed by atoms with Crippen LogP contribution < -0.4 is 0 Å². The second-order valence-electron chi connectivity index (χ2n) is 3.20. The van der Waals surface area contributed by atoms with Crippen LogP contribution in [0.2, 0.25) is 0 Å². The van der Waals surface area contributed by atoms with Gasteiger partial charge in [-0.25, -0.2) is 0 Å². The monoisotopic (exact) mass is 188 g/mol. The number of ether oxygens (including phenoxy) is 1. The molecular formula is C13H16O. The Balaban J connectivity index is 2.93. The maximum atomic E-state index is 5.22. The number of methoxy groups -OCH3 is 1. The summed E-state index contributed by atoms with van der Waals surface area (Å²) in [4.78, 5) is 0. The zero-order chi connectivity index (χ0) is 10.4. The molecule has 1 rings (SSSR count). The molecule has 0 radical (unpaired) electrons. The topological polar surface area (TPSA) is 9.23 Å². The van der Waals surface area contributed by atoms with E-state index in [0.29, 0.717) is 0 Å². The van der Waals surface area contributed by atoms with Gasteiger partial charge in [0.25, 0.3) is 0 Å². The van der Waals surface area contributed by atoms with Gasteiger partial charge in [-0.15, -0.1) is 0 Å². The molecule has 0 aromatic heterocycles. The van der Waals surface area contributed by atoms with Crippen molar-refractivity contribution in [2.45, 2.75) is 13.3 Å². The van der Waals surface area contributed by atoms with Crippen LogP contribution in [0.5, 0.6) is 0 Å². The van der Waals surface area contributed by atoms with Crippen LogP contribution in [0.3, 0.4) is 0 Å². The molecule has 1 nitrogen and oxygen atoms in total. The van der Waals surface area contributed by atoms with Gasteiger partial charge in [-0.3, -0.25) is 0 Å². The predicted molar refractivity (Wildman–Crippen MR) is 60.9 cm³/mol. The van der Waals surface area contributed by atoms with E-state index in [2.05, 4.69) is 12.7 Å². The number of rotatable bonds is 1. The molecule has 0 aliphatic heterocycles. The molecule has 0 aromatic carbocycles. The maximum Gasteiger partial charge on any atom is 0.0993 e. The predicted octanol–water partition coefficient (Wildman–Crippen LogP) is 3.54. The van der Waals surface area contributed by atoms with Crippen LogP contribution in [0.4, 0.5) is 0 Å². The minimum Gasteiger partial charge on any atom is -0.501 e. The molecule has 0 N–H and O–H groups in total. The third-order valence-electron chi connectivity index (χ3n) is 2.15. The van der Waals surface area contributed by atoms with Gasteiger partial charge in [0, 0.05) is 6.42 Å². The molecule has 1 aliphatic carbocycles. The van der Waals surface area contributed by atoms with Crippen LogP contribution in [0.15, 0.2) is 59.9 Å². The summed E-state index contributed by atoms with van der Waals surface area (Å²) in [5.74, 6) is 0.962. The van der Waals surface area contributed by atoms with E-state index >= 15 is 0 Å². The lowest BCUT2D eigenvalue weighted by molar-refractivity contribution is 0.285. The summed E-state index contributed by atoms with van der Waals surface area (Å²) in [7, 11) is 1.69. The molecule has 0 saturated heterocycles. The van der Waals surface area contributed by atoms with Gasteiger partial charge in [0.2, 0.25) is 0 Å². The van der Waals surface area contributed by atoms with E-state index in [0.717, 1.165) is 23.3 Å². The van der Waals surface area contributed by atoms with E-state index in [-0.39, 0.29) is 0 Å².